The van der Waals surface area contributed by atoms with Crippen LogP contribution in [-0.2, 0) is 12.0 Å². The molecule has 1 N–H and O–H groups in total. The Hall–Kier alpha value is -1.03. The summed E-state index contributed by atoms with van der Waals surface area (Å²) in [5, 5.41) is 7.79. The fourth-order valence-corrected chi connectivity index (χ4v) is 2.02. The van der Waals surface area contributed by atoms with Crippen molar-refractivity contribution < 1.29 is 4.74 Å². The van der Waals surface area contributed by atoms with Gasteiger partial charge in [0.2, 0.25) is 5.88 Å². The first-order valence-electron chi connectivity index (χ1n) is 5.95. The van der Waals surface area contributed by atoms with Gasteiger partial charge in [0.05, 0.1) is 18.8 Å². The van der Waals surface area contributed by atoms with Crippen molar-refractivity contribution >= 4 is 0 Å². The Kier molecular flexibility index (Phi) is 2.93. The van der Waals surface area contributed by atoms with Crippen LogP contribution < -0.4 is 10.1 Å². The Morgan fingerprint density at radius 2 is 2.31 bits per heavy atom. The van der Waals surface area contributed by atoms with E-state index in [4.69, 9.17) is 4.74 Å². The molecule has 0 aromatic carbocycles. The van der Waals surface area contributed by atoms with Gasteiger partial charge in [0.25, 0.3) is 0 Å². The molecule has 1 aromatic rings. The summed E-state index contributed by atoms with van der Waals surface area (Å²) < 4.78 is 7.79. The van der Waals surface area contributed by atoms with Gasteiger partial charge in [-0.15, -0.1) is 0 Å². The van der Waals surface area contributed by atoms with Crippen LogP contribution in [0.4, 0.5) is 0 Å². The highest BCUT2D eigenvalue weighted by molar-refractivity contribution is 5.32. The summed E-state index contributed by atoms with van der Waals surface area (Å²) in [5.41, 5.74) is 1.29. The van der Waals surface area contributed by atoms with Crippen molar-refractivity contribution in [3.63, 3.8) is 0 Å². The molecular weight excluding hydrogens is 202 g/mol. The van der Waals surface area contributed by atoms with Gasteiger partial charge in [0, 0.05) is 5.56 Å². The second kappa shape index (κ2) is 4.09. The number of rotatable bonds is 2. The molecule has 16 heavy (non-hydrogen) atoms. The lowest BCUT2D eigenvalue weighted by Gasteiger charge is -2.27. The van der Waals surface area contributed by atoms with Crippen molar-refractivity contribution in [2.45, 2.75) is 45.7 Å². The van der Waals surface area contributed by atoms with E-state index in [-0.39, 0.29) is 5.41 Å². The van der Waals surface area contributed by atoms with Gasteiger partial charge >= 0.3 is 0 Å². The SMILES string of the molecule is CCNC1COc2c(C(C)(C)C)cnn2C1. The van der Waals surface area contributed by atoms with Crippen molar-refractivity contribution in [1.82, 2.24) is 15.1 Å². The molecule has 0 aliphatic carbocycles. The molecule has 90 valence electrons. The molecule has 0 spiro atoms. The topological polar surface area (TPSA) is 39.1 Å². The maximum Gasteiger partial charge on any atom is 0.215 e. The Labute approximate surface area is 97.0 Å². The quantitative estimate of drug-likeness (QED) is 0.827. The third-order valence-electron chi connectivity index (χ3n) is 2.91. The second-order valence-corrected chi connectivity index (χ2v) is 5.36. The highest BCUT2D eigenvalue weighted by atomic mass is 16.5. The van der Waals surface area contributed by atoms with E-state index >= 15 is 0 Å². The van der Waals surface area contributed by atoms with Crippen LogP contribution in [0.3, 0.4) is 0 Å². The van der Waals surface area contributed by atoms with Crippen molar-refractivity contribution in [3.05, 3.63) is 11.8 Å². The van der Waals surface area contributed by atoms with Gasteiger partial charge in [-0.1, -0.05) is 27.7 Å². The second-order valence-electron chi connectivity index (χ2n) is 5.36. The maximum absolute atomic E-state index is 5.82. The Morgan fingerprint density at radius 1 is 1.56 bits per heavy atom. The number of fused-ring (bicyclic) bond motifs is 1. The van der Waals surface area contributed by atoms with Crippen LogP contribution in [-0.4, -0.2) is 29.0 Å². The minimum atomic E-state index is 0.0958. The molecule has 1 unspecified atom stereocenters. The fourth-order valence-electron chi connectivity index (χ4n) is 2.02. The van der Waals surface area contributed by atoms with E-state index in [0.29, 0.717) is 6.04 Å². The van der Waals surface area contributed by atoms with Gasteiger partial charge in [-0.3, -0.25) is 0 Å². The van der Waals surface area contributed by atoms with Crippen molar-refractivity contribution in [2.24, 2.45) is 0 Å². The van der Waals surface area contributed by atoms with Crippen LogP contribution in [0, 0.1) is 0 Å². The third-order valence-corrected chi connectivity index (χ3v) is 2.91. The van der Waals surface area contributed by atoms with Gasteiger partial charge in [-0.25, -0.2) is 4.68 Å². The molecule has 4 nitrogen and oxygen atoms in total. The smallest absolute Gasteiger partial charge is 0.215 e. The number of ether oxygens (including phenoxy) is 1. The summed E-state index contributed by atoms with van der Waals surface area (Å²) in [7, 11) is 0. The average molecular weight is 223 g/mol. The Balaban J connectivity index is 2.20. The summed E-state index contributed by atoms with van der Waals surface area (Å²) in [6, 6.07) is 0.380. The zero-order valence-electron chi connectivity index (χ0n) is 10.6. The average Bonchev–Trinajstić information content (AvgIpc) is 2.60. The molecule has 2 heterocycles. The normalized spacial score (nSPS) is 20.4. The molecule has 1 aliphatic rings. The first-order chi connectivity index (χ1) is 7.52. The monoisotopic (exact) mass is 223 g/mol. The van der Waals surface area contributed by atoms with E-state index in [1.165, 1.54) is 5.56 Å². The third kappa shape index (κ3) is 2.07. The van der Waals surface area contributed by atoms with Crippen LogP contribution in [0.2, 0.25) is 0 Å². The predicted molar refractivity (Wildman–Crippen MR) is 63.9 cm³/mol. The first-order valence-corrected chi connectivity index (χ1v) is 5.95. The number of hydrogen-bond acceptors (Lipinski definition) is 3. The van der Waals surface area contributed by atoms with E-state index in [2.05, 4.69) is 38.1 Å². The van der Waals surface area contributed by atoms with E-state index in [1.807, 2.05) is 10.9 Å². The number of likely N-dealkylation sites (N-methyl/N-ethyl adjacent to an activating group) is 1. The summed E-state index contributed by atoms with van der Waals surface area (Å²) >= 11 is 0. The molecule has 1 aromatic heterocycles. The summed E-state index contributed by atoms with van der Waals surface area (Å²) in [6.07, 6.45) is 1.93. The van der Waals surface area contributed by atoms with Gasteiger partial charge in [-0.2, -0.15) is 5.10 Å². The zero-order chi connectivity index (χ0) is 11.8. The summed E-state index contributed by atoms with van der Waals surface area (Å²) in [6.45, 7) is 11.3. The van der Waals surface area contributed by atoms with Crippen molar-refractivity contribution in [2.75, 3.05) is 13.2 Å². The molecule has 2 rings (SSSR count). The van der Waals surface area contributed by atoms with Crippen molar-refractivity contribution in [3.8, 4) is 5.88 Å². The summed E-state index contributed by atoms with van der Waals surface area (Å²) in [4.78, 5) is 0. The molecule has 0 fully saturated rings. The Morgan fingerprint density at radius 3 is 2.94 bits per heavy atom. The minimum absolute atomic E-state index is 0.0958. The lowest BCUT2D eigenvalue weighted by Crippen LogP contribution is -2.42. The molecule has 0 bridgehead atoms. The van der Waals surface area contributed by atoms with Crippen LogP contribution in [0.25, 0.3) is 0 Å². The number of nitrogens with zero attached hydrogens (tertiary/aromatic N) is 2. The molecule has 1 atom stereocenters. The summed E-state index contributed by atoms with van der Waals surface area (Å²) in [5.74, 6) is 0.946. The largest absolute Gasteiger partial charge is 0.476 e. The van der Waals surface area contributed by atoms with E-state index in [0.717, 1.165) is 25.6 Å². The predicted octanol–water partition coefficient (Wildman–Crippen LogP) is 1.55. The fraction of sp³-hybridized carbons (Fsp3) is 0.750. The lowest BCUT2D eigenvalue weighted by atomic mass is 9.89. The van der Waals surface area contributed by atoms with Crippen LogP contribution in [0.5, 0.6) is 5.88 Å². The van der Waals surface area contributed by atoms with Gasteiger partial charge in [0.1, 0.15) is 6.61 Å². The minimum Gasteiger partial charge on any atom is -0.476 e. The molecule has 0 saturated carbocycles. The standard InChI is InChI=1S/C12H21N3O/c1-5-13-9-7-15-11(16-8-9)10(6-14-15)12(2,3)4/h6,9,13H,5,7-8H2,1-4H3. The number of aromatic nitrogens is 2. The lowest BCUT2D eigenvalue weighted by molar-refractivity contribution is 0.181. The molecule has 0 saturated heterocycles. The molecule has 0 amide bonds. The molecule has 4 heteroatoms. The van der Waals surface area contributed by atoms with Crippen molar-refractivity contribution in [1.29, 1.82) is 0 Å². The van der Waals surface area contributed by atoms with Crippen LogP contribution in [0.15, 0.2) is 6.20 Å². The number of nitrogens with one attached hydrogen (secondary N) is 1. The Bertz CT molecular complexity index is 365. The van der Waals surface area contributed by atoms with Gasteiger partial charge < -0.3 is 10.1 Å². The zero-order valence-corrected chi connectivity index (χ0v) is 10.6. The maximum atomic E-state index is 5.82. The molecule has 1 aliphatic heterocycles. The van der Waals surface area contributed by atoms with Crippen LogP contribution in [0.1, 0.15) is 33.3 Å². The highest BCUT2D eigenvalue weighted by Gasteiger charge is 2.28. The number of hydrogen-bond donors (Lipinski definition) is 1. The van der Waals surface area contributed by atoms with Gasteiger partial charge in [0.15, 0.2) is 0 Å². The van der Waals surface area contributed by atoms with E-state index < -0.39 is 0 Å². The van der Waals surface area contributed by atoms with E-state index in [9.17, 15) is 0 Å². The first kappa shape index (κ1) is 11.5. The van der Waals surface area contributed by atoms with E-state index in [1.54, 1.807) is 0 Å². The molecule has 0 radical (unpaired) electrons. The highest BCUT2D eigenvalue weighted by Crippen LogP contribution is 2.32. The van der Waals surface area contributed by atoms with Crippen LogP contribution >= 0.6 is 0 Å². The molecular formula is C12H21N3O. The van der Waals surface area contributed by atoms with Gasteiger partial charge in [-0.05, 0) is 12.0 Å².